The van der Waals surface area contributed by atoms with Crippen molar-refractivity contribution < 1.29 is 36.2 Å². The molecule has 3 aromatic rings. The second-order valence-electron chi connectivity index (χ2n) is 11.8. The molecule has 2 atom stereocenters. The molecule has 10 nitrogen and oxygen atoms in total. The summed E-state index contributed by atoms with van der Waals surface area (Å²) in [4.78, 5) is 11.5. The van der Waals surface area contributed by atoms with E-state index in [0.717, 1.165) is 5.57 Å². The molecule has 15 heteroatoms. The smallest absolute Gasteiger partial charge is 0.444 e. The first-order chi connectivity index (χ1) is 22.7. The van der Waals surface area contributed by atoms with Crippen LogP contribution in [0.15, 0.2) is 48.6 Å². The fraction of sp³-hybridized carbons (Fsp3) is 0.364. The number of hydrogen-bond donors (Lipinski definition) is 4. The van der Waals surface area contributed by atoms with E-state index in [9.17, 15) is 18.0 Å². The number of benzene rings is 2. The Labute approximate surface area is 272 Å². The van der Waals surface area contributed by atoms with Gasteiger partial charge in [-0.3, -0.25) is 10.8 Å². The largest absolute Gasteiger partial charge is 0.490 e. The SMILES string of the molecule is COCCn1c(-c2ccc(C3=CCC(C(=N)N)CC3)cc2F)nnc1-c1ccc(C2=CCC(OC(=O)C(F)(F)F)(C(=N)N)CC2)cc1F. The maximum atomic E-state index is 15.7. The van der Waals surface area contributed by atoms with Crippen LogP contribution in [0.5, 0.6) is 0 Å². The van der Waals surface area contributed by atoms with Crippen LogP contribution in [0.1, 0.15) is 49.7 Å². The lowest BCUT2D eigenvalue weighted by Gasteiger charge is -2.35. The summed E-state index contributed by atoms with van der Waals surface area (Å²) in [5.74, 6) is -3.95. The molecular formula is C33H34F5N7O3. The van der Waals surface area contributed by atoms with E-state index in [4.69, 9.17) is 27.0 Å². The maximum absolute atomic E-state index is 15.7. The number of halogens is 5. The van der Waals surface area contributed by atoms with E-state index in [1.807, 2.05) is 6.08 Å². The van der Waals surface area contributed by atoms with Crippen molar-refractivity contribution in [1.29, 1.82) is 10.8 Å². The molecule has 0 fully saturated rings. The minimum Gasteiger partial charge on any atom is -0.444 e. The predicted molar refractivity (Wildman–Crippen MR) is 169 cm³/mol. The number of carbonyl (C=O) groups excluding carboxylic acids is 1. The van der Waals surface area contributed by atoms with Gasteiger partial charge in [0.25, 0.3) is 0 Å². The first-order valence-corrected chi connectivity index (χ1v) is 15.1. The molecule has 1 heterocycles. The Kier molecular flexibility index (Phi) is 9.80. The van der Waals surface area contributed by atoms with Gasteiger partial charge in [0.2, 0.25) is 0 Å². The molecule has 0 saturated carbocycles. The molecule has 0 saturated heterocycles. The van der Waals surface area contributed by atoms with Crippen LogP contribution in [0.3, 0.4) is 0 Å². The van der Waals surface area contributed by atoms with E-state index in [1.54, 1.807) is 22.8 Å². The van der Waals surface area contributed by atoms with E-state index >= 15 is 8.78 Å². The van der Waals surface area contributed by atoms with Crippen molar-refractivity contribution in [2.24, 2.45) is 17.4 Å². The van der Waals surface area contributed by atoms with Gasteiger partial charge in [0.05, 0.1) is 23.6 Å². The van der Waals surface area contributed by atoms with Crippen LogP contribution < -0.4 is 11.5 Å². The molecule has 2 aliphatic carbocycles. The molecular weight excluding hydrogens is 637 g/mol. The summed E-state index contributed by atoms with van der Waals surface area (Å²) >= 11 is 0. The Morgan fingerprint density at radius 2 is 1.56 bits per heavy atom. The Morgan fingerprint density at radius 1 is 0.979 bits per heavy atom. The normalized spacial score (nSPS) is 19.8. The van der Waals surface area contributed by atoms with Crippen LogP contribution in [-0.2, 0) is 20.8 Å². The highest BCUT2D eigenvalue weighted by Gasteiger charge is 2.48. The summed E-state index contributed by atoms with van der Waals surface area (Å²) < 4.78 is 81.3. The van der Waals surface area contributed by atoms with E-state index in [2.05, 4.69) is 14.9 Å². The predicted octanol–water partition coefficient (Wildman–Crippen LogP) is 6.00. The number of nitrogens with zero attached hydrogens (tertiary/aromatic N) is 3. The van der Waals surface area contributed by atoms with Gasteiger partial charge in [0, 0.05) is 26.0 Å². The summed E-state index contributed by atoms with van der Waals surface area (Å²) in [7, 11) is 1.49. The van der Waals surface area contributed by atoms with E-state index in [0.29, 0.717) is 36.0 Å². The number of nitrogens with one attached hydrogen (secondary N) is 2. The molecule has 1 aromatic heterocycles. The molecule has 48 heavy (non-hydrogen) atoms. The molecule has 0 aliphatic heterocycles. The number of carbonyl (C=O) groups is 1. The van der Waals surface area contributed by atoms with E-state index in [-0.39, 0.29) is 66.9 Å². The molecule has 0 amide bonds. The number of rotatable bonds is 10. The zero-order valence-electron chi connectivity index (χ0n) is 26.0. The molecule has 0 bridgehead atoms. The van der Waals surface area contributed by atoms with Gasteiger partial charge in [-0.2, -0.15) is 13.2 Å². The fourth-order valence-corrected chi connectivity index (χ4v) is 5.99. The molecule has 2 aromatic carbocycles. The fourth-order valence-electron chi connectivity index (χ4n) is 5.99. The highest BCUT2D eigenvalue weighted by molar-refractivity contribution is 5.91. The quantitative estimate of drug-likeness (QED) is 0.0888. The number of alkyl halides is 3. The highest BCUT2D eigenvalue weighted by atomic mass is 19.4. The van der Waals surface area contributed by atoms with Crippen molar-refractivity contribution in [2.45, 2.75) is 56.8 Å². The molecule has 254 valence electrons. The van der Waals surface area contributed by atoms with Gasteiger partial charge < -0.3 is 25.5 Å². The number of esters is 1. The van der Waals surface area contributed by atoms with Crippen LogP contribution in [0.2, 0.25) is 0 Å². The number of allylic oxidation sites excluding steroid dienone is 3. The van der Waals surface area contributed by atoms with Crippen LogP contribution in [0, 0.1) is 28.4 Å². The minimum absolute atomic E-state index is 0.0196. The zero-order chi connectivity index (χ0) is 34.8. The van der Waals surface area contributed by atoms with Crippen molar-refractivity contribution >= 4 is 28.8 Å². The third-order valence-corrected chi connectivity index (χ3v) is 8.77. The Hall–Kier alpha value is -4.92. The van der Waals surface area contributed by atoms with Crippen molar-refractivity contribution in [1.82, 2.24) is 14.8 Å². The molecule has 6 N–H and O–H groups in total. The first kappa shape index (κ1) is 34.4. The Bertz CT molecular complexity index is 1820. The number of methoxy groups -OCH3 is 1. The number of ether oxygens (including phenoxy) is 2. The van der Waals surface area contributed by atoms with Crippen molar-refractivity contribution in [3.05, 3.63) is 71.3 Å². The third-order valence-electron chi connectivity index (χ3n) is 8.77. The van der Waals surface area contributed by atoms with Crippen molar-refractivity contribution in [3.63, 3.8) is 0 Å². The summed E-state index contributed by atoms with van der Waals surface area (Å²) in [6.07, 6.45) is -0.265. The average Bonchev–Trinajstić information content (AvgIpc) is 3.46. The van der Waals surface area contributed by atoms with E-state index in [1.165, 1.54) is 31.4 Å². The lowest BCUT2D eigenvalue weighted by molar-refractivity contribution is -0.209. The molecule has 0 spiro atoms. The standard InChI is InChI=1S/C33H34F5N7O3/c1-47-15-14-45-28(23-8-6-21(16-25(23)34)18-2-4-20(5-3-18)27(39)40)43-44-29(45)24-9-7-22(17-26(24)35)19-10-12-32(13-11-19,30(41)42)48-31(46)33(36,37)38/h2,6-10,16-17,20H,3-5,11-15H2,1H3,(H3,39,40)(H3,41,42). The summed E-state index contributed by atoms with van der Waals surface area (Å²) in [6, 6.07) is 9.12. The molecule has 5 rings (SSSR count). The monoisotopic (exact) mass is 671 g/mol. The van der Waals surface area contributed by atoms with Gasteiger partial charge in [-0.1, -0.05) is 24.3 Å². The van der Waals surface area contributed by atoms with Crippen LogP contribution in [-0.4, -0.2) is 57.9 Å². The van der Waals surface area contributed by atoms with E-state index < -0.39 is 35.2 Å². The topological polar surface area (TPSA) is 166 Å². The van der Waals surface area contributed by atoms with Gasteiger partial charge in [0.1, 0.15) is 17.5 Å². The number of hydrogen-bond acceptors (Lipinski definition) is 7. The lowest BCUT2D eigenvalue weighted by atomic mass is 9.82. The second kappa shape index (κ2) is 13.7. The Balaban J connectivity index is 1.41. The van der Waals surface area contributed by atoms with Crippen LogP contribution in [0.25, 0.3) is 33.9 Å². The molecule has 0 radical (unpaired) electrons. The zero-order valence-corrected chi connectivity index (χ0v) is 26.0. The molecule has 2 unspecified atom stereocenters. The summed E-state index contributed by atoms with van der Waals surface area (Å²) in [6.45, 7) is 0.383. The van der Waals surface area contributed by atoms with Crippen molar-refractivity contribution in [2.75, 3.05) is 13.7 Å². The lowest BCUT2D eigenvalue weighted by Crippen LogP contribution is -2.50. The summed E-state index contributed by atoms with van der Waals surface area (Å²) in [5, 5.41) is 23.8. The minimum atomic E-state index is -5.25. The highest BCUT2D eigenvalue weighted by Crippen LogP contribution is 2.39. The number of amidine groups is 2. The van der Waals surface area contributed by atoms with Crippen LogP contribution in [0.4, 0.5) is 22.0 Å². The molecule has 2 aliphatic rings. The maximum Gasteiger partial charge on any atom is 0.490 e. The van der Waals surface area contributed by atoms with Crippen LogP contribution >= 0.6 is 0 Å². The van der Waals surface area contributed by atoms with Gasteiger partial charge >= 0.3 is 12.1 Å². The Morgan fingerprint density at radius 3 is 1.98 bits per heavy atom. The van der Waals surface area contributed by atoms with Gasteiger partial charge in [-0.05, 0) is 78.6 Å². The van der Waals surface area contributed by atoms with Gasteiger partial charge in [-0.15, -0.1) is 10.2 Å². The van der Waals surface area contributed by atoms with Crippen molar-refractivity contribution in [3.8, 4) is 22.8 Å². The first-order valence-electron chi connectivity index (χ1n) is 15.1. The summed E-state index contributed by atoms with van der Waals surface area (Å²) in [5.41, 5.74) is 12.1. The third kappa shape index (κ3) is 7.00. The number of aromatic nitrogens is 3. The average molecular weight is 672 g/mol. The van der Waals surface area contributed by atoms with Gasteiger partial charge in [-0.25, -0.2) is 13.6 Å². The number of nitrogens with two attached hydrogens (primary N) is 2. The van der Waals surface area contributed by atoms with Gasteiger partial charge in [0.15, 0.2) is 17.2 Å². The second-order valence-corrected chi connectivity index (χ2v) is 11.8.